The van der Waals surface area contributed by atoms with Gasteiger partial charge < -0.3 is 0 Å². The molecule has 0 saturated carbocycles. The zero-order valence-electron chi connectivity index (χ0n) is 8.60. The molecule has 0 N–H and O–H groups in total. The Morgan fingerprint density at radius 1 is 0.875 bits per heavy atom. The van der Waals surface area contributed by atoms with Crippen LogP contribution < -0.4 is 0 Å². The Labute approximate surface area is 91.4 Å². The topological polar surface area (TPSA) is 0 Å². The van der Waals surface area contributed by atoms with Gasteiger partial charge in [0.25, 0.3) is 0 Å². The molecule has 0 nitrogen and oxygen atoms in total. The second-order valence-corrected chi connectivity index (χ2v) is 3.57. The summed E-state index contributed by atoms with van der Waals surface area (Å²) in [5.41, 5.74) is 1.92. The predicted octanol–water partition coefficient (Wildman–Crippen LogP) is 4.08. The maximum atomic E-state index is 13.0. The van der Waals surface area contributed by atoms with E-state index in [-0.39, 0.29) is 0 Å². The molecule has 0 aromatic heterocycles. The fourth-order valence-electron chi connectivity index (χ4n) is 1.61. The van der Waals surface area contributed by atoms with E-state index in [1.165, 1.54) is 0 Å². The van der Waals surface area contributed by atoms with Gasteiger partial charge in [-0.05, 0) is 35.7 Å². The summed E-state index contributed by atoms with van der Waals surface area (Å²) >= 11 is 0. The lowest BCUT2D eigenvalue weighted by Crippen LogP contribution is -1.92. The van der Waals surface area contributed by atoms with Crippen LogP contribution in [0.25, 0.3) is 11.1 Å². The lowest BCUT2D eigenvalue weighted by molar-refractivity contribution is 0.447. The number of halogens is 3. The minimum atomic E-state index is -1.43. The van der Waals surface area contributed by atoms with Crippen molar-refractivity contribution in [3.05, 3.63) is 59.4 Å². The van der Waals surface area contributed by atoms with E-state index in [0.29, 0.717) is 11.1 Å². The van der Waals surface area contributed by atoms with Gasteiger partial charge in [0.05, 0.1) is 0 Å². The largest absolute Gasteiger partial charge is 0.204 e. The van der Waals surface area contributed by atoms with Crippen LogP contribution in [0.1, 0.15) is 5.56 Å². The van der Waals surface area contributed by atoms with Crippen molar-refractivity contribution in [3.63, 3.8) is 0 Å². The maximum absolute atomic E-state index is 13.0. The molecule has 0 aliphatic carbocycles. The highest BCUT2D eigenvalue weighted by molar-refractivity contribution is 5.67. The van der Waals surface area contributed by atoms with Gasteiger partial charge in [0, 0.05) is 0 Å². The first-order chi connectivity index (χ1) is 7.59. The number of hydrogen-bond acceptors (Lipinski definition) is 0. The molecule has 0 aliphatic rings. The minimum Gasteiger partial charge on any atom is -0.204 e. The first kappa shape index (κ1) is 10.7. The zero-order valence-corrected chi connectivity index (χ0v) is 8.60. The van der Waals surface area contributed by atoms with Gasteiger partial charge in [-0.15, -0.1) is 0 Å². The summed E-state index contributed by atoms with van der Waals surface area (Å²) in [5, 5.41) is 0. The molecule has 16 heavy (non-hydrogen) atoms. The second-order valence-electron chi connectivity index (χ2n) is 3.57. The minimum absolute atomic E-state index is 0.342. The third kappa shape index (κ3) is 1.81. The second kappa shape index (κ2) is 4.00. The van der Waals surface area contributed by atoms with Gasteiger partial charge in [-0.25, -0.2) is 13.2 Å². The standard InChI is InChI=1S/C13H9F3/c1-8-4-2-3-5-10(8)9-6-11(14)13(16)12(15)7-9/h2-7H,1H3. The highest BCUT2D eigenvalue weighted by Gasteiger charge is 2.12. The molecule has 0 heterocycles. The summed E-state index contributed by atoms with van der Waals surface area (Å²) in [7, 11) is 0. The van der Waals surface area contributed by atoms with Gasteiger partial charge in [0.15, 0.2) is 17.5 Å². The maximum Gasteiger partial charge on any atom is 0.194 e. The van der Waals surface area contributed by atoms with E-state index in [1.54, 1.807) is 12.1 Å². The van der Waals surface area contributed by atoms with Crippen LogP contribution in [0.3, 0.4) is 0 Å². The van der Waals surface area contributed by atoms with Crippen molar-refractivity contribution in [2.45, 2.75) is 6.92 Å². The highest BCUT2D eigenvalue weighted by Crippen LogP contribution is 2.26. The van der Waals surface area contributed by atoms with Crippen LogP contribution in [0.15, 0.2) is 36.4 Å². The van der Waals surface area contributed by atoms with Gasteiger partial charge >= 0.3 is 0 Å². The van der Waals surface area contributed by atoms with Gasteiger partial charge in [0.2, 0.25) is 0 Å². The van der Waals surface area contributed by atoms with Gasteiger partial charge in [-0.2, -0.15) is 0 Å². The van der Waals surface area contributed by atoms with Crippen LogP contribution in [0.2, 0.25) is 0 Å². The van der Waals surface area contributed by atoms with Crippen LogP contribution in [-0.2, 0) is 0 Å². The Morgan fingerprint density at radius 2 is 1.44 bits per heavy atom. The third-order valence-electron chi connectivity index (χ3n) is 2.44. The third-order valence-corrected chi connectivity index (χ3v) is 2.44. The molecule has 0 unspecified atom stereocenters. The Balaban J connectivity index is 2.62. The molecule has 2 rings (SSSR count). The van der Waals surface area contributed by atoms with Crippen molar-refractivity contribution in [1.82, 2.24) is 0 Å². The lowest BCUT2D eigenvalue weighted by Gasteiger charge is -2.06. The van der Waals surface area contributed by atoms with Crippen LogP contribution in [0.5, 0.6) is 0 Å². The van der Waals surface area contributed by atoms with Gasteiger partial charge in [-0.3, -0.25) is 0 Å². The molecule has 0 spiro atoms. The number of rotatable bonds is 1. The number of aryl methyl sites for hydroxylation is 1. The monoisotopic (exact) mass is 222 g/mol. The Morgan fingerprint density at radius 3 is 2.00 bits per heavy atom. The van der Waals surface area contributed by atoms with E-state index in [0.717, 1.165) is 17.7 Å². The van der Waals surface area contributed by atoms with Crippen LogP contribution in [0.4, 0.5) is 13.2 Å². The number of benzene rings is 2. The Kier molecular flexibility index (Phi) is 2.69. The van der Waals surface area contributed by atoms with E-state index in [1.807, 2.05) is 19.1 Å². The first-order valence-corrected chi connectivity index (χ1v) is 4.80. The van der Waals surface area contributed by atoms with Crippen LogP contribution >= 0.6 is 0 Å². The molecule has 0 atom stereocenters. The van der Waals surface area contributed by atoms with Crippen molar-refractivity contribution in [1.29, 1.82) is 0 Å². The number of hydrogen-bond donors (Lipinski definition) is 0. The molecular weight excluding hydrogens is 213 g/mol. The van der Waals surface area contributed by atoms with E-state index < -0.39 is 17.5 Å². The summed E-state index contributed by atoms with van der Waals surface area (Å²) in [6, 6.07) is 9.16. The van der Waals surface area contributed by atoms with Crippen LogP contribution in [0, 0.1) is 24.4 Å². The van der Waals surface area contributed by atoms with Crippen LogP contribution in [-0.4, -0.2) is 0 Å². The van der Waals surface area contributed by atoms with Crippen molar-refractivity contribution < 1.29 is 13.2 Å². The van der Waals surface area contributed by atoms with E-state index >= 15 is 0 Å². The first-order valence-electron chi connectivity index (χ1n) is 4.80. The average molecular weight is 222 g/mol. The molecular formula is C13H9F3. The molecule has 82 valence electrons. The molecule has 0 fully saturated rings. The summed E-state index contributed by atoms with van der Waals surface area (Å²) in [6.45, 7) is 1.83. The van der Waals surface area contributed by atoms with E-state index in [4.69, 9.17) is 0 Å². The molecule has 0 radical (unpaired) electrons. The summed E-state index contributed by atoms with van der Waals surface area (Å²) < 4.78 is 38.9. The highest BCUT2D eigenvalue weighted by atomic mass is 19.2. The molecule has 0 bridgehead atoms. The normalized spacial score (nSPS) is 10.5. The molecule has 0 amide bonds. The zero-order chi connectivity index (χ0) is 11.7. The summed E-state index contributed by atoms with van der Waals surface area (Å²) in [4.78, 5) is 0. The lowest BCUT2D eigenvalue weighted by atomic mass is 10.0. The van der Waals surface area contributed by atoms with Crippen molar-refractivity contribution in [3.8, 4) is 11.1 Å². The summed E-state index contributed by atoms with van der Waals surface area (Å²) in [6.07, 6.45) is 0. The van der Waals surface area contributed by atoms with Crippen molar-refractivity contribution in [2.24, 2.45) is 0 Å². The van der Waals surface area contributed by atoms with E-state index in [2.05, 4.69) is 0 Å². The Bertz CT molecular complexity index is 509. The molecule has 0 saturated heterocycles. The smallest absolute Gasteiger partial charge is 0.194 e. The SMILES string of the molecule is Cc1ccccc1-c1cc(F)c(F)c(F)c1. The molecule has 0 aliphatic heterocycles. The fraction of sp³-hybridized carbons (Fsp3) is 0.0769. The summed E-state index contributed by atoms with van der Waals surface area (Å²) in [5.74, 6) is -3.77. The van der Waals surface area contributed by atoms with E-state index in [9.17, 15) is 13.2 Å². The van der Waals surface area contributed by atoms with Gasteiger partial charge in [0.1, 0.15) is 0 Å². The molecule has 2 aromatic rings. The molecule has 3 heteroatoms. The molecule has 2 aromatic carbocycles. The Hall–Kier alpha value is -1.77. The van der Waals surface area contributed by atoms with Gasteiger partial charge in [-0.1, -0.05) is 24.3 Å². The predicted molar refractivity (Wildman–Crippen MR) is 56.5 cm³/mol. The fourth-order valence-corrected chi connectivity index (χ4v) is 1.61. The average Bonchev–Trinajstić information content (AvgIpc) is 2.26. The van der Waals surface area contributed by atoms with Crippen molar-refractivity contribution >= 4 is 0 Å². The van der Waals surface area contributed by atoms with Crippen molar-refractivity contribution in [2.75, 3.05) is 0 Å². The quantitative estimate of drug-likeness (QED) is 0.638.